The second-order valence-corrected chi connectivity index (χ2v) is 7.59. The molecule has 2 aliphatic rings. The molecule has 3 rings (SSSR count). The fourth-order valence-electron chi connectivity index (χ4n) is 4.13. The Morgan fingerprint density at radius 2 is 1.67 bits per heavy atom. The predicted molar refractivity (Wildman–Crippen MR) is 99.7 cm³/mol. The zero-order chi connectivity index (χ0) is 17.1. The number of hydrogen-bond donors (Lipinski definition) is 0. The normalized spacial score (nSPS) is 22.5. The first-order chi connectivity index (χ1) is 11.6. The average molecular weight is 329 g/mol. The van der Waals surface area contributed by atoms with Crippen molar-refractivity contribution in [3.63, 3.8) is 0 Å². The quantitative estimate of drug-likeness (QED) is 0.848. The van der Waals surface area contributed by atoms with Crippen LogP contribution in [0.25, 0.3) is 0 Å². The Hall–Kier alpha value is -1.55. The Morgan fingerprint density at radius 1 is 1.00 bits per heavy atom. The molecule has 1 amide bonds. The molecule has 0 N–H and O–H groups in total. The van der Waals surface area contributed by atoms with Crippen molar-refractivity contribution in [1.29, 1.82) is 0 Å². The van der Waals surface area contributed by atoms with E-state index in [0.717, 1.165) is 36.8 Å². The molecule has 132 valence electrons. The summed E-state index contributed by atoms with van der Waals surface area (Å²) in [5.41, 5.74) is 1.91. The van der Waals surface area contributed by atoms with Crippen LogP contribution in [0.15, 0.2) is 24.3 Å². The highest BCUT2D eigenvalue weighted by atomic mass is 16.2. The van der Waals surface area contributed by atoms with Crippen LogP contribution < -0.4 is 4.90 Å². The Kier molecular flexibility index (Phi) is 5.44. The van der Waals surface area contributed by atoms with E-state index in [-0.39, 0.29) is 5.91 Å². The number of likely N-dealkylation sites (tertiary alicyclic amines) is 1. The van der Waals surface area contributed by atoms with Crippen molar-refractivity contribution in [3.8, 4) is 0 Å². The van der Waals surface area contributed by atoms with Crippen molar-refractivity contribution in [2.24, 2.45) is 0 Å². The van der Waals surface area contributed by atoms with Gasteiger partial charge in [-0.2, -0.15) is 0 Å². The van der Waals surface area contributed by atoms with Gasteiger partial charge in [-0.3, -0.25) is 9.69 Å². The summed E-state index contributed by atoms with van der Waals surface area (Å²) in [5, 5.41) is 0. The largest absolute Gasteiger partial charge is 0.378 e. The number of benzene rings is 1. The number of rotatable bonds is 4. The lowest BCUT2D eigenvalue weighted by Gasteiger charge is -2.32. The van der Waals surface area contributed by atoms with Gasteiger partial charge in [0.1, 0.15) is 0 Å². The topological polar surface area (TPSA) is 26.8 Å². The molecular formula is C20H31N3O. The van der Waals surface area contributed by atoms with Gasteiger partial charge >= 0.3 is 0 Å². The SMILES string of the molecule is CN(C)c1ccc(C(=O)N(C)C2CCN(C3CCCCC3)C2)cc1. The zero-order valence-electron chi connectivity index (χ0n) is 15.4. The van der Waals surface area contributed by atoms with Crippen molar-refractivity contribution in [2.75, 3.05) is 39.1 Å². The molecule has 0 radical (unpaired) electrons. The third-order valence-electron chi connectivity index (χ3n) is 5.78. The van der Waals surface area contributed by atoms with E-state index >= 15 is 0 Å². The predicted octanol–water partition coefficient (Wildman–Crippen LogP) is 3.23. The maximum Gasteiger partial charge on any atom is 0.253 e. The van der Waals surface area contributed by atoms with E-state index in [4.69, 9.17) is 0 Å². The minimum absolute atomic E-state index is 0.149. The van der Waals surface area contributed by atoms with Crippen LogP contribution >= 0.6 is 0 Å². The van der Waals surface area contributed by atoms with Crippen LogP contribution in [0.5, 0.6) is 0 Å². The Labute approximate surface area is 146 Å². The third-order valence-corrected chi connectivity index (χ3v) is 5.78. The van der Waals surface area contributed by atoms with Gasteiger partial charge in [0.2, 0.25) is 0 Å². The molecule has 0 spiro atoms. The first-order valence-electron chi connectivity index (χ1n) is 9.35. The minimum Gasteiger partial charge on any atom is -0.378 e. The Bertz CT molecular complexity index is 549. The molecule has 4 nitrogen and oxygen atoms in total. The number of carbonyl (C=O) groups excluding carboxylic acids is 1. The van der Waals surface area contributed by atoms with E-state index in [2.05, 4.69) is 9.80 Å². The van der Waals surface area contributed by atoms with Gasteiger partial charge < -0.3 is 9.80 Å². The molecule has 24 heavy (non-hydrogen) atoms. The number of amides is 1. The number of nitrogens with zero attached hydrogens (tertiary/aromatic N) is 3. The second-order valence-electron chi connectivity index (χ2n) is 7.59. The van der Waals surface area contributed by atoms with Crippen LogP contribution in [-0.2, 0) is 0 Å². The van der Waals surface area contributed by atoms with Crippen LogP contribution in [0, 0.1) is 0 Å². The molecule has 4 heteroatoms. The van der Waals surface area contributed by atoms with Gasteiger partial charge in [-0.05, 0) is 43.5 Å². The standard InChI is InChI=1S/C20H31N3O/c1-21(2)17-11-9-16(10-12-17)20(24)22(3)19-13-14-23(15-19)18-7-5-4-6-8-18/h9-12,18-19H,4-8,13-15H2,1-3H3. The van der Waals surface area contributed by atoms with Crippen molar-refractivity contribution in [2.45, 2.75) is 50.6 Å². The van der Waals surface area contributed by atoms with E-state index in [1.165, 1.54) is 32.1 Å². The molecule has 1 aromatic carbocycles. The molecule has 1 unspecified atom stereocenters. The average Bonchev–Trinajstić information content (AvgIpc) is 3.11. The fourth-order valence-corrected chi connectivity index (χ4v) is 4.13. The summed E-state index contributed by atoms with van der Waals surface area (Å²) in [6.07, 6.45) is 7.94. The van der Waals surface area contributed by atoms with Crippen molar-refractivity contribution in [3.05, 3.63) is 29.8 Å². The number of likely N-dealkylation sites (N-methyl/N-ethyl adjacent to an activating group) is 1. The molecule has 1 aromatic rings. The Balaban J connectivity index is 1.59. The highest BCUT2D eigenvalue weighted by Crippen LogP contribution is 2.27. The third kappa shape index (κ3) is 3.75. The lowest BCUT2D eigenvalue weighted by Crippen LogP contribution is -2.41. The van der Waals surface area contributed by atoms with Crippen LogP contribution in [0.1, 0.15) is 48.9 Å². The van der Waals surface area contributed by atoms with E-state index in [9.17, 15) is 4.79 Å². The molecule has 1 aliphatic carbocycles. The number of hydrogen-bond acceptors (Lipinski definition) is 3. The van der Waals surface area contributed by atoms with Crippen LogP contribution in [0.2, 0.25) is 0 Å². The van der Waals surface area contributed by atoms with Crippen molar-refractivity contribution >= 4 is 11.6 Å². The van der Waals surface area contributed by atoms with Crippen LogP contribution in [-0.4, -0.2) is 62.0 Å². The van der Waals surface area contributed by atoms with Gasteiger partial charge in [-0.15, -0.1) is 0 Å². The summed E-state index contributed by atoms with van der Waals surface area (Å²) in [4.78, 5) is 19.4. The summed E-state index contributed by atoms with van der Waals surface area (Å²) in [6.45, 7) is 2.19. The van der Waals surface area contributed by atoms with Crippen LogP contribution in [0.4, 0.5) is 5.69 Å². The van der Waals surface area contributed by atoms with Crippen molar-refractivity contribution in [1.82, 2.24) is 9.80 Å². The lowest BCUT2D eigenvalue weighted by atomic mass is 9.94. The molecular weight excluding hydrogens is 298 g/mol. The molecule has 1 heterocycles. The summed E-state index contributed by atoms with van der Waals surface area (Å²) in [6, 6.07) is 9.04. The van der Waals surface area contributed by atoms with E-state index in [1.54, 1.807) is 0 Å². The highest BCUT2D eigenvalue weighted by molar-refractivity contribution is 5.94. The molecule has 0 aromatic heterocycles. The lowest BCUT2D eigenvalue weighted by molar-refractivity contribution is 0.0726. The second kappa shape index (κ2) is 7.56. The van der Waals surface area contributed by atoms with Gasteiger partial charge in [0.15, 0.2) is 0 Å². The smallest absolute Gasteiger partial charge is 0.253 e. The van der Waals surface area contributed by atoms with Crippen molar-refractivity contribution < 1.29 is 4.79 Å². The molecule has 1 atom stereocenters. The summed E-state index contributed by atoms with van der Waals surface area (Å²) in [5.74, 6) is 0.149. The highest BCUT2D eigenvalue weighted by Gasteiger charge is 2.32. The van der Waals surface area contributed by atoms with E-state index in [0.29, 0.717) is 6.04 Å². The monoisotopic (exact) mass is 329 g/mol. The van der Waals surface area contributed by atoms with Crippen LogP contribution in [0.3, 0.4) is 0 Å². The maximum absolute atomic E-state index is 12.8. The summed E-state index contributed by atoms with van der Waals surface area (Å²) >= 11 is 0. The van der Waals surface area contributed by atoms with Gasteiger partial charge in [0.25, 0.3) is 5.91 Å². The van der Waals surface area contributed by atoms with E-state index < -0.39 is 0 Å². The molecule has 1 aliphatic heterocycles. The minimum atomic E-state index is 0.149. The zero-order valence-corrected chi connectivity index (χ0v) is 15.4. The first-order valence-corrected chi connectivity index (χ1v) is 9.35. The molecule has 1 saturated carbocycles. The molecule has 1 saturated heterocycles. The van der Waals surface area contributed by atoms with Gasteiger partial charge in [0, 0.05) is 57.6 Å². The summed E-state index contributed by atoms with van der Waals surface area (Å²) in [7, 11) is 6.00. The van der Waals surface area contributed by atoms with Gasteiger partial charge in [-0.25, -0.2) is 0 Å². The molecule has 0 bridgehead atoms. The maximum atomic E-state index is 12.8. The van der Waals surface area contributed by atoms with Gasteiger partial charge in [-0.1, -0.05) is 19.3 Å². The molecule has 2 fully saturated rings. The van der Waals surface area contributed by atoms with E-state index in [1.807, 2.05) is 50.3 Å². The van der Waals surface area contributed by atoms with Gasteiger partial charge in [0.05, 0.1) is 0 Å². The fraction of sp³-hybridized carbons (Fsp3) is 0.650. The Morgan fingerprint density at radius 3 is 2.29 bits per heavy atom. The summed E-state index contributed by atoms with van der Waals surface area (Å²) < 4.78 is 0. The number of anilines is 1. The number of carbonyl (C=O) groups is 1. The first kappa shape index (κ1) is 17.3.